The summed E-state index contributed by atoms with van der Waals surface area (Å²) >= 11 is 0. The van der Waals surface area contributed by atoms with Gasteiger partial charge in [-0.25, -0.2) is 0 Å². The van der Waals surface area contributed by atoms with Crippen molar-refractivity contribution < 1.29 is 0 Å². The van der Waals surface area contributed by atoms with Crippen molar-refractivity contribution in [1.29, 1.82) is 0 Å². The van der Waals surface area contributed by atoms with Gasteiger partial charge in [0.1, 0.15) is 0 Å². The van der Waals surface area contributed by atoms with Crippen molar-refractivity contribution in [1.82, 2.24) is 0 Å². The third-order valence-corrected chi connectivity index (χ3v) is 13.1. The Bertz CT molecular complexity index is 3250. The molecule has 0 fully saturated rings. The molecule has 290 valence electrons. The van der Waals surface area contributed by atoms with Gasteiger partial charge in [-0.2, -0.15) is 0 Å². The van der Waals surface area contributed by atoms with Crippen molar-refractivity contribution in [2.24, 2.45) is 0 Å². The number of fused-ring (bicyclic) bond motifs is 10. The number of hydrogen-bond donors (Lipinski definition) is 0. The summed E-state index contributed by atoms with van der Waals surface area (Å²) in [5.74, 6) is 0. The van der Waals surface area contributed by atoms with E-state index < -0.39 is 5.41 Å². The minimum atomic E-state index is -0.471. The van der Waals surface area contributed by atoms with Crippen molar-refractivity contribution in [3.63, 3.8) is 0 Å². The lowest BCUT2D eigenvalue weighted by Crippen LogP contribution is -2.26. The normalized spacial score (nSPS) is 12.6. The second kappa shape index (κ2) is 14.6. The van der Waals surface area contributed by atoms with Gasteiger partial charge in [-0.3, -0.25) is 0 Å². The highest BCUT2D eigenvalue weighted by Crippen LogP contribution is 2.65. The van der Waals surface area contributed by atoms with Gasteiger partial charge >= 0.3 is 0 Å². The molecule has 1 nitrogen and oxygen atoms in total. The van der Waals surface area contributed by atoms with E-state index in [1.54, 1.807) is 0 Å². The zero-order chi connectivity index (χ0) is 41.0. The number of hydrogen-bond acceptors (Lipinski definition) is 1. The van der Waals surface area contributed by atoms with Crippen LogP contribution in [0.4, 0.5) is 17.1 Å². The molecule has 1 heteroatoms. The fourth-order valence-electron chi connectivity index (χ4n) is 10.6. The van der Waals surface area contributed by atoms with Crippen molar-refractivity contribution in [3.8, 4) is 66.8 Å². The quantitative estimate of drug-likeness (QED) is 0.155. The Hall–Kier alpha value is -8.00. The summed E-state index contributed by atoms with van der Waals surface area (Å²) in [5.41, 5.74) is 22.8. The van der Waals surface area contributed by atoms with Crippen LogP contribution in [0, 0.1) is 0 Å². The van der Waals surface area contributed by atoms with Crippen LogP contribution in [-0.4, -0.2) is 0 Å². The largest absolute Gasteiger partial charge is 0.309 e. The molecule has 2 aliphatic rings. The van der Waals surface area contributed by atoms with Gasteiger partial charge in [0.2, 0.25) is 0 Å². The summed E-state index contributed by atoms with van der Waals surface area (Å²) in [6.07, 6.45) is 0. The van der Waals surface area contributed by atoms with Crippen LogP contribution < -0.4 is 4.90 Å². The first-order valence-corrected chi connectivity index (χ1v) is 21.5. The minimum Gasteiger partial charge on any atom is -0.309 e. The van der Waals surface area contributed by atoms with E-state index in [9.17, 15) is 0 Å². The van der Waals surface area contributed by atoms with Gasteiger partial charge in [0.25, 0.3) is 0 Å². The molecule has 0 bridgehead atoms. The van der Waals surface area contributed by atoms with E-state index in [1.807, 2.05) is 0 Å². The SMILES string of the molecule is c1ccc(-c2cccc(N(c3cccc(-c4ccccc4)c3-c3ccccc3-c3ccccc3)c3cccc4c3-c3ccccc3C43c4ccccc4-c4ccccc43)c2)cc1. The molecule has 0 heterocycles. The molecule has 1 spiro atoms. The van der Waals surface area contributed by atoms with Crippen LogP contribution in [0.2, 0.25) is 0 Å². The highest BCUT2D eigenvalue weighted by molar-refractivity contribution is 6.05. The van der Waals surface area contributed by atoms with Gasteiger partial charge in [-0.05, 0) is 102 Å². The average Bonchev–Trinajstić information content (AvgIpc) is 3.83. The lowest BCUT2D eigenvalue weighted by atomic mass is 9.70. The summed E-state index contributed by atoms with van der Waals surface area (Å²) in [6.45, 7) is 0. The maximum atomic E-state index is 2.55. The Kier molecular flexibility index (Phi) is 8.47. The average molecular weight is 788 g/mol. The zero-order valence-electron chi connectivity index (χ0n) is 34.1. The monoisotopic (exact) mass is 787 g/mol. The van der Waals surface area contributed by atoms with Crippen LogP contribution in [-0.2, 0) is 5.41 Å². The maximum Gasteiger partial charge on any atom is 0.0726 e. The first-order chi connectivity index (χ1) is 30.8. The lowest BCUT2D eigenvalue weighted by Gasteiger charge is -2.33. The summed E-state index contributed by atoms with van der Waals surface area (Å²) in [6, 6.07) is 91.6. The van der Waals surface area contributed by atoms with Gasteiger partial charge in [0.15, 0.2) is 0 Å². The van der Waals surface area contributed by atoms with E-state index in [-0.39, 0.29) is 0 Å². The molecule has 10 aromatic rings. The van der Waals surface area contributed by atoms with E-state index in [4.69, 9.17) is 0 Å². The molecule has 0 aromatic heterocycles. The summed E-state index contributed by atoms with van der Waals surface area (Å²) in [4.78, 5) is 2.55. The van der Waals surface area contributed by atoms with E-state index in [0.29, 0.717) is 0 Å². The maximum absolute atomic E-state index is 2.55. The number of nitrogens with zero attached hydrogens (tertiary/aromatic N) is 1. The number of rotatable bonds is 7. The van der Waals surface area contributed by atoms with E-state index in [0.717, 1.165) is 17.1 Å². The highest BCUT2D eigenvalue weighted by Gasteiger charge is 2.52. The standard InChI is InChI=1S/C61H41N/c1-4-21-42(22-5-1)45-27-18-28-46(41-45)62(57-39-19-34-48(44-25-8-3-9-26-44)59(57)51-32-11-10-29-47(51)43-23-6-2-7-24-43)58-40-20-38-56-60(58)52-33-14-17-37-55(52)61(56)53-35-15-12-30-49(53)50-31-13-16-36-54(50)61/h1-41H. The van der Waals surface area contributed by atoms with Crippen molar-refractivity contribution in [2.75, 3.05) is 4.90 Å². The first kappa shape index (κ1) is 35.9. The smallest absolute Gasteiger partial charge is 0.0726 e. The molecule has 0 aliphatic heterocycles. The first-order valence-electron chi connectivity index (χ1n) is 21.5. The van der Waals surface area contributed by atoms with Gasteiger partial charge in [0, 0.05) is 16.8 Å². The molecular formula is C61H41N. The molecule has 0 amide bonds. The molecule has 0 saturated carbocycles. The topological polar surface area (TPSA) is 3.24 Å². The van der Waals surface area contributed by atoms with Gasteiger partial charge in [-0.15, -0.1) is 0 Å². The molecule has 62 heavy (non-hydrogen) atoms. The van der Waals surface area contributed by atoms with Gasteiger partial charge in [0.05, 0.1) is 16.8 Å². The molecule has 12 rings (SSSR count). The fraction of sp³-hybridized carbons (Fsp3) is 0.0164. The summed E-state index contributed by atoms with van der Waals surface area (Å²) in [7, 11) is 0. The van der Waals surface area contributed by atoms with E-state index in [1.165, 1.54) is 89.0 Å². The van der Waals surface area contributed by atoms with E-state index in [2.05, 4.69) is 254 Å². The second-order valence-electron chi connectivity index (χ2n) is 16.3. The molecule has 10 aromatic carbocycles. The van der Waals surface area contributed by atoms with Gasteiger partial charge < -0.3 is 4.90 Å². The molecule has 2 aliphatic carbocycles. The van der Waals surface area contributed by atoms with Crippen LogP contribution in [0.3, 0.4) is 0 Å². The predicted octanol–water partition coefficient (Wildman–Crippen LogP) is 16.2. The van der Waals surface area contributed by atoms with Crippen LogP contribution >= 0.6 is 0 Å². The molecule has 0 atom stereocenters. The number of benzene rings is 10. The number of anilines is 3. The Morgan fingerprint density at radius 2 is 0.645 bits per heavy atom. The Labute approximate surface area is 363 Å². The van der Waals surface area contributed by atoms with Crippen molar-refractivity contribution in [3.05, 3.63) is 271 Å². The van der Waals surface area contributed by atoms with Crippen LogP contribution in [0.5, 0.6) is 0 Å². The van der Waals surface area contributed by atoms with Crippen molar-refractivity contribution in [2.45, 2.75) is 5.41 Å². The predicted molar refractivity (Wildman–Crippen MR) is 259 cm³/mol. The van der Waals surface area contributed by atoms with Crippen molar-refractivity contribution >= 4 is 17.1 Å². The Morgan fingerprint density at radius 1 is 0.242 bits per heavy atom. The Balaban J connectivity index is 1.21. The lowest BCUT2D eigenvalue weighted by molar-refractivity contribution is 0.794. The molecular weight excluding hydrogens is 747 g/mol. The molecule has 0 radical (unpaired) electrons. The van der Waals surface area contributed by atoms with E-state index >= 15 is 0 Å². The van der Waals surface area contributed by atoms with Gasteiger partial charge in [-0.1, -0.05) is 224 Å². The third-order valence-electron chi connectivity index (χ3n) is 13.1. The Morgan fingerprint density at radius 3 is 1.27 bits per heavy atom. The second-order valence-corrected chi connectivity index (χ2v) is 16.3. The van der Waals surface area contributed by atoms with Crippen LogP contribution in [0.1, 0.15) is 22.3 Å². The zero-order valence-corrected chi connectivity index (χ0v) is 34.1. The fourth-order valence-corrected chi connectivity index (χ4v) is 10.6. The molecule has 0 N–H and O–H groups in total. The molecule has 0 unspecified atom stereocenters. The van der Waals surface area contributed by atoms with Crippen LogP contribution in [0.25, 0.3) is 66.8 Å². The highest BCUT2D eigenvalue weighted by atomic mass is 15.1. The molecule has 0 saturated heterocycles. The van der Waals surface area contributed by atoms with Crippen LogP contribution in [0.15, 0.2) is 249 Å². The third kappa shape index (κ3) is 5.42. The summed E-state index contributed by atoms with van der Waals surface area (Å²) in [5, 5.41) is 0. The minimum absolute atomic E-state index is 0.471. The summed E-state index contributed by atoms with van der Waals surface area (Å²) < 4.78 is 0.